The van der Waals surface area contributed by atoms with Gasteiger partial charge in [-0.15, -0.1) is 22.7 Å². The molecule has 4 aromatic rings. The average Bonchev–Trinajstić information content (AvgIpc) is 3.52. The van der Waals surface area contributed by atoms with E-state index in [4.69, 9.17) is 4.74 Å². The van der Waals surface area contributed by atoms with Crippen LogP contribution in [0.2, 0.25) is 0 Å². The van der Waals surface area contributed by atoms with Gasteiger partial charge in [0.25, 0.3) is 5.56 Å². The number of hydrogen-bond donors (Lipinski definition) is 0. The minimum atomic E-state index is -0.644. The molecule has 1 saturated heterocycles. The lowest BCUT2D eigenvalue weighted by atomic mass is 9.99. The maximum Gasteiger partial charge on any atom is 0.312 e. The molecular weight excluding hydrogens is 446 g/mol. The molecule has 0 saturated carbocycles. The zero-order valence-electron chi connectivity index (χ0n) is 17.1. The van der Waals surface area contributed by atoms with Crippen molar-refractivity contribution in [3.8, 4) is 0 Å². The number of aryl methyl sites for hydroxylation is 1. The molecule has 9 heteroatoms. The summed E-state index contributed by atoms with van der Waals surface area (Å²) in [5.74, 6) is -1.24. The molecule has 7 nitrogen and oxygen atoms in total. The fraction of sp³-hybridized carbons (Fsp3) is 0.217. The molecule has 162 valence electrons. The number of nitrogens with zero attached hydrogens (tertiary/aromatic N) is 3. The number of rotatable bonds is 5. The maximum atomic E-state index is 13.1. The van der Waals surface area contributed by atoms with Gasteiger partial charge in [0.15, 0.2) is 4.96 Å². The lowest BCUT2D eigenvalue weighted by Crippen LogP contribution is -2.30. The Morgan fingerprint density at radius 3 is 2.72 bits per heavy atom. The van der Waals surface area contributed by atoms with Crippen molar-refractivity contribution in [2.45, 2.75) is 26.0 Å². The molecule has 1 amide bonds. The molecular formula is C23H19N3O4S2. The summed E-state index contributed by atoms with van der Waals surface area (Å²) in [6, 6.07) is 12.5. The minimum Gasteiger partial charge on any atom is -0.459 e. The molecule has 1 aliphatic rings. The van der Waals surface area contributed by atoms with Crippen LogP contribution in [0.15, 0.2) is 64.2 Å². The van der Waals surface area contributed by atoms with Crippen molar-refractivity contribution in [2.75, 3.05) is 4.90 Å². The highest BCUT2D eigenvalue weighted by Crippen LogP contribution is 2.43. The monoisotopic (exact) mass is 465 g/mol. The smallest absolute Gasteiger partial charge is 0.312 e. The molecule has 3 aromatic heterocycles. The highest BCUT2D eigenvalue weighted by atomic mass is 32.1. The molecule has 0 aliphatic carbocycles. The lowest BCUT2D eigenvalue weighted by Gasteiger charge is -2.27. The quantitative estimate of drug-likeness (QED) is 0.417. The standard InChI is InChI=1S/C23H19N3O4S2/c1-14-4-6-16(7-5-14)26-20(28)12-17(21(26)18-3-2-9-31-18)22(29)30-13-15-11-19(27)25-8-10-32-23(25)24-15/h2-11,17,21H,12-13H2,1H3. The van der Waals surface area contributed by atoms with Gasteiger partial charge in [-0.25, -0.2) is 4.98 Å². The number of benzene rings is 1. The Labute approximate surface area is 191 Å². The Balaban J connectivity index is 1.40. The predicted molar refractivity (Wildman–Crippen MR) is 123 cm³/mol. The summed E-state index contributed by atoms with van der Waals surface area (Å²) >= 11 is 2.84. The summed E-state index contributed by atoms with van der Waals surface area (Å²) in [4.78, 5) is 45.8. The number of aromatic nitrogens is 2. The SMILES string of the molecule is Cc1ccc(N2C(=O)CC(C(=O)OCc3cc(=O)n4ccsc4n3)C2c2cccs2)cc1. The summed E-state index contributed by atoms with van der Waals surface area (Å²) in [6.45, 7) is 1.87. The van der Waals surface area contributed by atoms with E-state index in [9.17, 15) is 14.4 Å². The van der Waals surface area contributed by atoms with Gasteiger partial charge in [-0.2, -0.15) is 0 Å². The van der Waals surface area contributed by atoms with Crippen molar-refractivity contribution < 1.29 is 14.3 Å². The number of thiazole rings is 1. The van der Waals surface area contributed by atoms with E-state index in [1.54, 1.807) is 16.5 Å². The number of amides is 1. The first-order valence-electron chi connectivity index (χ1n) is 10.1. The summed E-state index contributed by atoms with van der Waals surface area (Å²) in [5.41, 5.74) is 2.01. The van der Waals surface area contributed by atoms with Crippen LogP contribution < -0.4 is 10.5 Å². The second kappa shape index (κ2) is 8.33. The van der Waals surface area contributed by atoms with Crippen LogP contribution in [0, 0.1) is 12.8 Å². The molecule has 1 aliphatic heterocycles. The van der Waals surface area contributed by atoms with Gasteiger partial charge in [0.1, 0.15) is 6.61 Å². The normalized spacial score (nSPS) is 18.4. The molecule has 0 radical (unpaired) electrons. The molecule has 0 bridgehead atoms. The average molecular weight is 466 g/mol. The van der Waals surface area contributed by atoms with Crippen LogP contribution in [0.25, 0.3) is 4.96 Å². The van der Waals surface area contributed by atoms with Gasteiger partial charge in [-0.3, -0.25) is 18.8 Å². The van der Waals surface area contributed by atoms with Crippen molar-refractivity contribution in [3.05, 3.63) is 85.9 Å². The predicted octanol–water partition coefficient (Wildman–Crippen LogP) is 3.96. The third-order valence-corrected chi connectivity index (χ3v) is 7.19. The van der Waals surface area contributed by atoms with E-state index in [0.29, 0.717) is 10.7 Å². The lowest BCUT2D eigenvalue weighted by molar-refractivity contribution is -0.150. The van der Waals surface area contributed by atoms with Crippen LogP contribution in [-0.2, 0) is 20.9 Å². The van der Waals surface area contributed by atoms with Crippen molar-refractivity contribution in [1.29, 1.82) is 0 Å². The number of hydrogen-bond acceptors (Lipinski definition) is 7. The molecule has 0 spiro atoms. The molecule has 1 aromatic carbocycles. The Hall–Kier alpha value is -3.30. The van der Waals surface area contributed by atoms with Gasteiger partial charge in [-0.05, 0) is 30.5 Å². The maximum absolute atomic E-state index is 13.1. The summed E-state index contributed by atoms with van der Waals surface area (Å²) in [5, 5.41) is 3.70. The number of thiophene rings is 1. The van der Waals surface area contributed by atoms with Gasteiger partial charge in [-0.1, -0.05) is 23.8 Å². The van der Waals surface area contributed by atoms with E-state index >= 15 is 0 Å². The molecule has 1 fully saturated rings. The van der Waals surface area contributed by atoms with Crippen LogP contribution in [0.4, 0.5) is 5.69 Å². The highest BCUT2D eigenvalue weighted by molar-refractivity contribution is 7.15. The Morgan fingerprint density at radius 1 is 1.16 bits per heavy atom. The number of fused-ring (bicyclic) bond motifs is 1. The third-order valence-electron chi connectivity index (χ3n) is 5.49. The largest absolute Gasteiger partial charge is 0.459 e. The molecule has 2 unspecified atom stereocenters. The van der Waals surface area contributed by atoms with Crippen LogP contribution >= 0.6 is 22.7 Å². The van der Waals surface area contributed by atoms with E-state index in [2.05, 4.69) is 4.98 Å². The molecule has 5 rings (SSSR count). The van der Waals surface area contributed by atoms with Gasteiger partial charge in [0.05, 0.1) is 17.7 Å². The van der Waals surface area contributed by atoms with E-state index in [-0.39, 0.29) is 24.5 Å². The fourth-order valence-electron chi connectivity index (χ4n) is 3.95. The van der Waals surface area contributed by atoms with Crippen LogP contribution in [0.3, 0.4) is 0 Å². The van der Waals surface area contributed by atoms with Crippen molar-refractivity contribution in [1.82, 2.24) is 9.38 Å². The summed E-state index contributed by atoms with van der Waals surface area (Å²) < 4.78 is 7.00. The number of ether oxygens (including phenoxy) is 1. The van der Waals surface area contributed by atoms with E-state index < -0.39 is 17.9 Å². The van der Waals surface area contributed by atoms with Crippen molar-refractivity contribution in [3.63, 3.8) is 0 Å². The number of esters is 1. The Kier molecular flexibility index (Phi) is 5.36. The van der Waals surface area contributed by atoms with Gasteiger partial charge in [0.2, 0.25) is 5.91 Å². The molecule has 4 heterocycles. The molecule has 2 atom stereocenters. The van der Waals surface area contributed by atoms with Crippen LogP contribution in [0.1, 0.15) is 28.6 Å². The van der Waals surface area contributed by atoms with Crippen LogP contribution in [0.5, 0.6) is 0 Å². The first kappa shape index (κ1) is 20.6. The van der Waals surface area contributed by atoms with E-state index in [0.717, 1.165) is 16.1 Å². The van der Waals surface area contributed by atoms with Crippen molar-refractivity contribution in [2.24, 2.45) is 5.92 Å². The number of anilines is 1. The van der Waals surface area contributed by atoms with E-state index in [1.807, 2.05) is 48.7 Å². The highest BCUT2D eigenvalue weighted by Gasteiger charge is 2.46. The second-order valence-corrected chi connectivity index (χ2v) is 9.47. The zero-order chi connectivity index (χ0) is 22.2. The topological polar surface area (TPSA) is 81.0 Å². The first-order valence-corrected chi connectivity index (χ1v) is 11.8. The minimum absolute atomic E-state index is 0.0648. The number of carbonyl (C=O) groups is 2. The van der Waals surface area contributed by atoms with E-state index in [1.165, 1.54) is 33.1 Å². The first-order chi connectivity index (χ1) is 15.5. The van der Waals surface area contributed by atoms with Gasteiger partial charge < -0.3 is 9.64 Å². The third kappa shape index (κ3) is 3.74. The van der Waals surface area contributed by atoms with Gasteiger partial charge >= 0.3 is 5.97 Å². The van der Waals surface area contributed by atoms with Crippen LogP contribution in [-0.4, -0.2) is 21.3 Å². The summed E-state index contributed by atoms with van der Waals surface area (Å²) in [7, 11) is 0. The molecule has 0 N–H and O–H groups in total. The number of carbonyl (C=O) groups excluding carboxylic acids is 2. The Bertz CT molecular complexity index is 1340. The molecule has 32 heavy (non-hydrogen) atoms. The van der Waals surface area contributed by atoms with Crippen molar-refractivity contribution >= 4 is 45.2 Å². The second-order valence-electron chi connectivity index (χ2n) is 7.62. The Morgan fingerprint density at radius 2 is 1.97 bits per heavy atom. The fourth-order valence-corrected chi connectivity index (χ4v) is 5.57. The van der Waals surface area contributed by atoms with Gasteiger partial charge in [0, 0.05) is 34.6 Å². The summed E-state index contributed by atoms with van der Waals surface area (Å²) in [6.07, 6.45) is 1.72. The zero-order valence-corrected chi connectivity index (χ0v) is 18.8.